The van der Waals surface area contributed by atoms with E-state index >= 15 is 0 Å². The van der Waals surface area contributed by atoms with Crippen LogP contribution in [0.5, 0.6) is 0 Å². The van der Waals surface area contributed by atoms with E-state index in [0.29, 0.717) is 0 Å². The van der Waals surface area contributed by atoms with Crippen molar-refractivity contribution in [1.29, 1.82) is 0 Å². The van der Waals surface area contributed by atoms with Gasteiger partial charge in [-0.25, -0.2) is 0 Å². The molecule has 1 aliphatic carbocycles. The maximum Gasteiger partial charge on any atom is 0.389 e. The number of nitrogens with one attached hydrogen (secondary N) is 1. The molecule has 0 aromatic carbocycles. The largest absolute Gasteiger partial charge is 0.389 e. The maximum absolute atomic E-state index is 11.8. The molecule has 0 spiro atoms. The summed E-state index contributed by atoms with van der Waals surface area (Å²) in [5.41, 5.74) is 0.280. The van der Waals surface area contributed by atoms with Gasteiger partial charge in [0.15, 0.2) is 0 Å². The number of carbonyl (C=O) groups is 1. The Balaban J connectivity index is 1.86. The molecule has 7 heteroatoms. The normalized spacial score (nSPS) is 21.3. The third-order valence-electron chi connectivity index (χ3n) is 3.45. The van der Waals surface area contributed by atoms with Gasteiger partial charge in [-0.15, -0.1) is 0 Å². The Labute approximate surface area is 111 Å². The predicted molar refractivity (Wildman–Crippen MR) is 68.4 cm³/mol. The standard InChI is InChI=1S/C12H18N4O3/c1-12(2)5-3-9(7-12)13-11(17)8-15-6-4-10(14-15)16(18)19/h4,6,9H,3,5,7-8H2,1-2H3,(H,13,17). The summed E-state index contributed by atoms with van der Waals surface area (Å²) in [5.74, 6) is -0.393. The minimum Gasteiger partial charge on any atom is -0.358 e. The van der Waals surface area contributed by atoms with Crippen LogP contribution in [0.15, 0.2) is 12.3 Å². The Kier molecular flexibility index (Phi) is 3.55. The van der Waals surface area contributed by atoms with Crippen LogP contribution in [-0.4, -0.2) is 26.7 Å². The Morgan fingerprint density at radius 1 is 1.68 bits per heavy atom. The van der Waals surface area contributed by atoms with E-state index in [1.807, 2.05) is 0 Å². The first-order chi connectivity index (χ1) is 8.85. The average Bonchev–Trinajstić information content (AvgIpc) is 2.85. The van der Waals surface area contributed by atoms with Crippen molar-refractivity contribution in [2.45, 2.75) is 45.7 Å². The highest BCUT2D eigenvalue weighted by Gasteiger charge is 2.31. The average molecular weight is 266 g/mol. The van der Waals surface area contributed by atoms with Crippen molar-refractivity contribution in [3.8, 4) is 0 Å². The second-order valence-corrected chi connectivity index (χ2v) is 5.80. The van der Waals surface area contributed by atoms with Crippen molar-refractivity contribution in [3.05, 3.63) is 22.4 Å². The van der Waals surface area contributed by atoms with Crippen molar-refractivity contribution in [1.82, 2.24) is 15.1 Å². The molecule has 104 valence electrons. The molecule has 1 aliphatic rings. The lowest BCUT2D eigenvalue weighted by Crippen LogP contribution is -2.36. The lowest BCUT2D eigenvalue weighted by Gasteiger charge is -2.17. The lowest BCUT2D eigenvalue weighted by molar-refractivity contribution is -0.389. The van der Waals surface area contributed by atoms with E-state index < -0.39 is 4.92 Å². The minimum absolute atomic E-state index is 0.0186. The number of hydrogen-bond donors (Lipinski definition) is 1. The van der Waals surface area contributed by atoms with Crippen LogP contribution in [0.3, 0.4) is 0 Å². The van der Waals surface area contributed by atoms with Crippen molar-refractivity contribution >= 4 is 11.7 Å². The number of aromatic nitrogens is 2. The van der Waals surface area contributed by atoms with E-state index in [1.165, 1.54) is 16.9 Å². The summed E-state index contributed by atoms with van der Waals surface area (Å²) in [6.45, 7) is 4.40. The zero-order valence-electron chi connectivity index (χ0n) is 11.1. The molecule has 0 radical (unpaired) electrons. The third-order valence-corrected chi connectivity index (χ3v) is 3.45. The summed E-state index contributed by atoms with van der Waals surface area (Å²) < 4.78 is 1.29. The maximum atomic E-state index is 11.8. The molecule has 1 amide bonds. The number of hydrogen-bond acceptors (Lipinski definition) is 4. The van der Waals surface area contributed by atoms with E-state index in [9.17, 15) is 14.9 Å². The van der Waals surface area contributed by atoms with Crippen LogP contribution >= 0.6 is 0 Å². The molecule has 19 heavy (non-hydrogen) atoms. The third kappa shape index (κ3) is 3.52. The van der Waals surface area contributed by atoms with Crippen LogP contribution in [0.25, 0.3) is 0 Å². The molecule has 2 rings (SSSR count). The Bertz CT molecular complexity index is 495. The van der Waals surface area contributed by atoms with Gasteiger partial charge in [-0.05, 0) is 29.6 Å². The SMILES string of the molecule is CC1(C)CCC(NC(=O)Cn2ccc([N+](=O)[O-])n2)C1. The van der Waals surface area contributed by atoms with Crippen molar-refractivity contribution < 1.29 is 9.72 Å². The predicted octanol–water partition coefficient (Wildman–Crippen LogP) is 1.49. The summed E-state index contributed by atoms with van der Waals surface area (Å²) in [6.07, 6.45) is 4.50. The van der Waals surface area contributed by atoms with Gasteiger partial charge < -0.3 is 15.4 Å². The molecule has 1 unspecified atom stereocenters. The van der Waals surface area contributed by atoms with E-state index in [-0.39, 0.29) is 29.7 Å². The summed E-state index contributed by atoms with van der Waals surface area (Å²) in [5, 5.41) is 17.1. The van der Waals surface area contributed by atoms with Gasteiger partial charge in [-0.1, -0.05) is 13.8 Å². The van der Waals surface area contributed by atoms with Gasteiger partial charge in [0, 0.05) is 6.04 Å². The van der Waals surface area contributed by atoms with Gasteiger partial charge in [0.1, 0.15) is 6.54 Å². The molecule has 0 bridgehead atoms. The second kappa shape index (κ2) is 4.99. The van der Waals surface area contributed by atoms with Gasteiger partial charge in [0.25, 0.3) is 0 Å². The molecule has 0 aliphatic heterocycles. The number of rotatable bonds is 4. The molecule has 0 saturated heterocycles. The quantitative estimate of drug-likeness (QED) is 0.660. The van der Waals surface area contributed by atoms with E-state index in [0.717, 1.165) is 19.3 Å². The van der Waals surface area contributed by atoms with Crippen LogP contribution in [0.1, 0.15) is 33.1 Å². The minimum atomic E-state index is -0.576. The molecule has 1 heterocycles. The van der Waals surface area contributed by atoms with Crippen LogP contribution < -0.4 is 5.32 Å². The number of carbonyl (C=O) groups excluding carboxylic acids is 1. The highest BCUT2D eigenvalue weighted by molar-refractivity contribution is 5.76. The molecular weight excluding hydrogens is 248 g/mol. The Hall–Kier alpha value is -1.92. The van der Waals surface area contributed by atoms with Gasteiger partial charge in [0.05, 0.1) is 17.4 Å². The highest BCUT2D eigenvalue weighted by Crippen LogP contribution is 2.36. The van der Waals surface area contributed by atoms with E-state index in [2.05, 4.69) is 24.3 Å². The van der Waals surface area contributed by atoms with Crippen LogP contribution in [-0.2, 0) is 11.3 Å². The molecule has 1 atom stereocenters. The first-order valence-corrected chi connectivity index (χ1v) is 6.33. The van der Waals surface area contributed by atoms with Gasteiger partial charge in [0.2, 0.25) is 5.91 Å². The molecule has 1 fully saturated rings. The molecule has 7 nitrogen and oxygen atoms in total. The van der Waals surface area contributed by atoms with Crippen molar-refractivity contribution in [3.63, 3.8) is 0 Å². The fraction of sp³-hybridized carbons (Fsp3) is 0.667. The number of amides is 1. The fourth-order valence-corrected chi connectivity index (χ4v) is 2.52. The fourth-order valence-electron chi connectivity index (χ4n) is 2.52. The summed E-state index contributed by atoms with van der Waals surface area (Å²) >= 11 is 0. The molecule has 1 N–H and O–H groups in total. The van der Waals surface area contributed by atoms with Crippen molar-refractivity contribution in [2.24, 2.45) is 5.41 Å². The van der Waals surface area contributed by atoms with E-state index in [1.54, 1.807) is 0 Å². The van der Waals surface area contributed by atoms with Crippen LogP contribution in [0, 0.1) is 15.5 Å². The monoisotopic (exact) mass is 266 g/mol. The number of nitro groups is 1. The first kappa shape index (κ1) is 13.5. The Morgan fingerprint density at radius 3 is 2.95 bits per heavy atom. The molecule has 1 aromatic rings. The van der Waals surface area contributed by atoms with Crippen LogP contribution in [0.2, 0.25) is 0 Å². The van der Waals surface area contributed by atoms with Gasteiger partial charge in [-0.2, -0.15) is 4.68 Å². The topological polar surface area (TPSA) is 90.1 Å². The summed E-state index contributed by atoms with van der Waals surface area (Å²) in [7, 11) is 0. The zero-order chi connectivity index (χ0) is 14.0. The Morgan fingerprint density at radius 2 is 2.42 bits per heavy atom. The molecule has 1 saturated carbocycles. The van der Waals surface area contributed by atoms with Gasteiger partial charge >= 0.3 is 5.82 Å². The van der Waals surface area contributed by atoms with E-state index in [4.69, 9.17) is 0 Å². The second-order valence-electron chi connectivity index (χ2n) is 5.80. The number of nitrogens with zero attached hydrogens (tertiary/aromatic N) is 3. The first-order valence-electron chi connectivity index (χ1n) is 6.33. The highest BCUT2D eigenvalue weighted by atomic mass is 16.6. The van der Waals surface area contributed by atoms with Crippen molar-refractivity contribution in [2.75, 3.05) is 0 Å². The lowest BCUT2D eigenvalue weighted by atomic mass is 9.92. The summed E-state index contributed by atoms with van der Waals surface area (Å²) in [6, 6.07) is 1.49. The smallest absolute Gasteiger partial charge is 0.358 e. The summed E-state index contributed by atoms with van der Waals surface area (Å²) in [4.78, 5) is 21.7. The van der Waals surface area contributed by atoms with Crippen LogP contribution in [0.4, 0.5) is 5.82 Å². The molecular formula is C12H18N4O3. The molecule has 1 aromatic heterocycles. The van der Waals surface area contributed by atoms with Gasteiger partial charge in [-0.3, -0.25) is 4.79 Å². The zero-order valence-corrected chi connectivity index (χ0v) is 11.1.